The zero-order chi connectivity index (χ0) is 19.8. The van der Waals surface area contributed by atoms with E-state index in [-0.39, 0.29) is 5.69 Å². The Morgan fingerprint density at radius 3 is 2.52 bits per heavy atom. The van der Waals surface area contributed by atoms with Crippen LogP contribution in [-0.2, 0) is 17.8 Å². The van der Waals surface area contributed by atoms with Gasteiger partial charge in [0.05, 0.1) is 11.9 Å². The molecule has 141 valence electrons. The van der Waals surface area contributed by atoms with Crippen molar-refractivity contribution in [2.45, 2.75) is 6.18 Å². The summed E-state index contributed by atoms with van der Waals surface area (Å²) >= 11 is 0. The van der Waals surface area contributed by atoms with Gasteiger partial charge < -0.3 is 9.88 Å². The number of aromatic nitrogens is 4. The Morgan fingerprint density at radius 1 is 1.19 bits per heavy atom. The van der Waals surface area contributed by atoms with E-state index in [1.807, 2.05) is 0 Å². The lowest BCUT2D eigenvalue weighted by Crippen LogP contribution is -2.15. The van der Waals surface area contributed by atoms with Gasteiger partial charge in [0.25, 0.3) is 0 Å². The molecule has 0 aliphatic heterocycles. The molecule has 1 aromatic carbocycles. The number of anilines is 2. The minimum Gasteiger partial charge on any atom is -0.339 e. The predicted molar refractivity (Wildman–Crippen MR) is 96.9 cm³/mol. The second-order valence-corrected chi connectivity index (χ2v) is 9.52. The lowest BCUT2D eigenvalue weighted by molar-refractivity contribution is -0.137. The average molecular weight is 394 g/mol. The Balaban J connectivity index is 2.08. The summed E-state index contributed by atoms with van der Waals surface area (Å²) in [6, 6.07) is 4.99. The summed E-state index contributed by atoms with van der Waals surface area (Å²) in [6.45, 7) is 3.11. The molecule has 1 N–H and O–H groups in total. The maximum Gasteiger partial charge on any atom is 0.421 e. The molecule has 0 aliphatic carbocycles. The molecule has 0 fully saturated rings. The van der Waals surface area contributed by atoms with E-state index < -0.39 is 24.7 Å². The minimum atomic E-state index is -4.63. The summed E-state index contributed by atoms with van der Waals surface area (Å²) in [5, 5.41) is 7.15. The van der Waals surface area contributed by atoms with Crippen molar-refractivity contribution in [2.75, 3.05) is 18.6 Å². The largest absolute Gasteiger partial charge is 0.421 e. The van der Waals surface area contributed by atoms with Crippen LogP contribution in [0.3, 0.4) is 0 Å². The van der Waals surface area contributed by atoms with Gasteiger partial charge in [0, 0.05) is 30.3 Å². The van der Waals surface area contributed by atoms with Crippen molar-refractivity contribution >= 4 is 24.0 Å². The van der Waals surface area contributed by atoms with E-state index in [0.717, 1.165) is 11.1 Å². The molecule has 0 bridgehead atoms. The number of hydrogen-bond donors (Lipinski definition) is 1. The SMILES string of the molecule is Cn1cc(-c2ccc(Nc3n[c]ncc3C(F)(F)F)c(P(C)(C)=O)c2)cn1. The fourth-order valence-corrected chi connectivity index (χ4v) is 3.72. The van der Waals surface area contributed by atoms with Crippen LogP contribution in [0.2, 0.25) is 0 Å². The third-order valence-electron chi connectivity index (χ3n) is 3.84. The van der Waals surface area contributed by atoms with Crippen molar-refractivity contribution in [3.8, 4) is 11.1 Å². The lowest BCUT2D eigenvalue weighted by Gasteiger charge is -2.18. The highest BCUT2D eigenvalue weighted by atomic mass is 31.2. The van der Waals surface area contributed by atoms with Crippen LogP contribution in [0.1, 0.15) is 5.56 Å². The summed E-state index contributed by atoms with van der Waals surface area (Å²) in [5.41, 5.74) is 0.835. The zero-order valence-corrected chi connectivity index (χ0v) is 15.6. The number of nitrogens with zero attached hydrogens (tertiary/aromatic N) is 4. The van der Waals surface area contributed by atoms with Crippen LogP contribution in [-0.4, -0.2) is 33.1 Å². The normalized spacial score (nSPS) is 12.2. The highest BCUT2D eigenvalue weighted by Gasteiger charge is 2.35. The van der Waals surface area contributed by atoms with Gasteiger partial charge in [-0.25, -0.2) is 9.97 Å². The molecule has 3 rings (SSSR count). The minimum absolute atomic E-state index is 0.286. The van der Waals surface area contributed by atoms with Crippen LogP contribution >= 0.6 is 7.14 Å². The number of halogens is 3. The van der Waals surface area contributed by atoms with Crippen molar-refractivity contribution in [3.63, 3.8) is 0 Å². The number of hydrogen-bond acceptors (Lipinski definition) is 5. The highest BCUT2D eigenvalue weighted by Crippen LogP contribution is 2.41. The van der Waals surface area contributed by atoms with E-state index in [1.165, 1.54) is 0 Å². The highest BCUT2D eigenvalue weighted by molar-refractivity contribution is 7.70. The Hall–Kier alpha value is -2.67. The van der Waals surface area contributed by atoms with Crippen molar-refractivity contribution < 1.29 is 17.7 Å². The molecule has 0 aliphatic rings. The van der Waals surface area contributed by atoms with E-state index in [0.29, 0.717) is 11.5 Å². The Bertz CT molecular complexity index is 1030. The molecule has 0 saturated heterocycles. The van der Waals surface area contributed by atoms with E-state index in [1.54, 1.807) is 55.7 Å². The molecule has 2 heterocycles. The molecule has 0 amide bonds. The molecule has 6 nitrogen and oxygen atoms in total. The van der Waals surface area contributed by atoms with Gasteiger partial charge in [0.1, 0.15) is 18.5 Å². The maximum absolute atomic E-state index is 13.2. The van der Waals surface area contributed by atoms with E-state index in [9.17, 15) is 17.7 Å². The Kier molecular flexibility index (Phi) is 4.82. The van der Waals surface area contributed by atoms with Gasteiger partial charge in [-0.2, -0.15) is 18.3 Å². The third-order valence-corrected chi connectivity index (χ3v) is 5.37. The van der Waals surface area contributed by atoms with E-state index in [4.69, 9.17) is 0 Å². The van der Waals surface area contributed by atoms with E-state index in [2.05, 4.69) is 26.7 Å². The van der Waals surface area contributed by atoms with Crippen LogP contribution < -0.4 is 10.6 Å². The molecule has 1 radical (unpaired) electrons. The summed E-state index contributed by atoms with van der Waals surface area (Å²) in [5.74, 6) is -0.443. The van der Waals surface area contributed by atoms with Gasteiger partial charge >= 0.3 is 6.18 Å². The first kappa shape index (κ1) is 19.1. The maximum atomic E-state index is 13.2. The van der Waals surface area contributed by atoms with Crippen LogP contribution in [0.15, 0.2) is 36.8 Å². The number of alkyl halides is 3. The molecular weight excluding hydrogens is 378 g/mol. The van der Waals surface area contributed by atoms with E-state index >= 15 is 0 Å². The number of nitrogens with one attached hydrogen (secondary N) is 1. The standard InChI is InChI=1S/C17H16F3N5OP/c1-25-9-12(7-23-25)11-4-5-14(15(6-11)27(2,3)26)24-16-13(17(18,19)20)8-21-10-22-16/h4-9H,1-3H3,(H,21,22,24). The first-order chi connectivity index (χ1) is 12.6. The molecule has 3 aromatic rings. The molecule has 2 aromatic heterocycles. The summed E-state index contributed by atoms with van der Waals surface area (Å²) in [4.78, 5) is 6.90. The first-order valence-corrected chi connectivity index (χ1v) is 10.4. The Morgan fingerprint density at radius 2 is 1.93 bits per heavy atom. The molecule has 0 saturated carbocycles. The Labute approximate surface area is 153 Å². The number of benzene rings is 1. The topological polar surface area (TPSA) is 72.7 Å². The lowest BCUT2D eigenvalue weighted by atomic mass is 10.1. The molecule has 27 heavy (non-hydrogen) atoms. The second kappa shape index (κ2) is 6.81. The summed E-state index contributed by atoms with van der Waals surface area (Å²) < 4.78 is 53.9. The van der Waals surface area contributed by atoms with Crippen molar-refractivity contribution in [3.05, 3.63) is 48.7 Å². The van der Waals surface area contributed by atoms with Crippen molar-refractivity contribution in [2.24, 2.45) is 7.05 Å². The number of rotatable bonds is 4. The summed E-state index contributed by atoms with van der Waals surface area (Å²) in [6.07, 6.45) is 1.62. The van der Waals surface area contributed by atoms with Gasteiger partial charge in [-0.3, -0.25) is 4.68 Å². The third kappa shape index (κ3) is 4.19. The average Bonchev–Trinajstić information content (AvgIpc) is 3.00. The number of aryl methyl sites for hydroxylation is 1. The monoisotopic (exact) mass is 394 g/mol. The zero-order valence-electron chi connectivity index (χ0n) is 14.7. The molecule has 10 heteroatoms. The van der Waals surface area contributed by atoms with Gasteiger partial charge in [0.15, 0.2) is 6.33 Å². The second-order valence-electron chi connectivity index (χ2n) is 6.34. The van der Waals surface area contributed by atoms with Crippen LogP contribution in [0.4, 0.5) is 24.7 Å². The molecule has 0 atom stereocenters. The van der Waals surface area contributed by atoms with Crippen LogP contribution in [0, 0.1) is 6.33 Å². The quantitative estimate of drug-likeness (QED) is 0.684. The van der Waals surface area contributed by atoms with Gasteiger partial charge in [-0.1, -0.05) is 6.07 Å². The first-order valence-electron chi connectivity index (χ1n) is 7.81. The van der Waals surface area contributed by atoms with Gasteiger partial charge in [0.2, 0.25) is 0 Å². The molecular formula is C17H16F3N5OP. The van der Waals surface area contributed by atoms with Crippen molar-refractivity contribution in [1.82, 2.24) is 19.7 Å². The fraction of sp³-hybridized carbons (Fsp3) is 0.235. The smallest absolute Gasteiger partial charge is 0.339 e. The predicted octanol–water partition coefficient (Wildman–Crippen LogP) is 3.69. The molecule has 0 spiro atoms. The van der Waals surface area contributed by atoms with Crippen molar-refractivity contribution in [1.29, 1.82) is 0 Å². The van der Waals surface area contributed by atoms with Crippen LogP contribution in [0.25, 0.3) is 11.1 Å². The van der Waals surface area contributed by atoms with Gasteiger partial charge in [-0.15, -0.1) is 0 Å². The fourth-order valence-electron chi connectivity index (χ4n) is 2.56. The van der Waals surface area contributed by atoms with Gasteiger partial charge in [-0.05, 0) is 31.0 Å². The van der Waals surface area contributed by atoms with Crippen LogP contribution in [0.5, 0.6) is 0 Å². The molecule has 0 unspecified atom stereocenters. The summed E-state index contributed by atoms with van der Waals surface area (Å²) in [7, 11) is -1.04.